The number of likely N-dealkylation sites (tertiary alicyclic amines) is 1. The summed E-state index contributed by atoms with van der Waals surface area (Å²) in [5, 5.41) is 27.5. The maximum atomic E-state index is 14.8. The van der Waals surface area contributed by atoms with Gasteiger partial charge in [-0.2, -0.15) is 0 Å². The van der Waals surface area contributed by atoms with Gasteiger partial charge in [-0.1, -0.05) is 73.4 Å². The Balaban J connectivity index is 0.718. The fourth-order valence-electron chi connectivity index (χ4n) is 13.6. The average molecular weight is 1380 g/mol. The number of aryl methyl sites for hydroxylation is 2. The predicted molar refractivity (Wildman–Crippen MR) is 355 cm³/mol. The van der Waals surface area contributed by atoms with E-state index in [1.807, 2.05) is 58.0 Å². The van der Waals surface area contributed by atoms with Gasteiger partial charge in [-0.3, -0.25) is 47.7 Å². The molecular formula is C67H81ClN11O15PS. The molecule has 512 valence electrons. The normalized spacial score (nSPS) is 20.8. The summed E-state index contributed by atoms with van der Waals surface area (Å²) >= 11 is 8.51. The lowest BCUT2D eigenvalue weighted by Crippen LogP contribution is -2.61. The first-order valence-corrected chi connectivity index (χ1v) is 35.2. The number of thiazole rings is 1. The molecule has 3 fully saturated rings. The molecule has 8 amide bonds. The number of nitrogens with two attached hydrogens (primary N) is 1. The molecule has 8 atom stereocenters. The summed E-state index contributed by atoms with van der Waals surface area (Å²) in [4.78, 5) is 154. The molecule has 3 aliphatic heterocycles. The van der Waals surface area contributed by atoms with Crippen molar-refractivity contribution in [3.05, 3.63) is 122 Å². The Bertz CT molecular complexity index is 4000. The van der Waals surface area contributed by atoms with Crippen molar-refractivity contribution in [2.45, 2.75) is 166 Å². The number of hydrogen-bond donors (Lipinski definition) is 9. The van der Waals surface area contributed by atoms with Gasteiger partial charge in [0.25, 0.3) is 17.3 Å². The molecule has 96 heavy (non-hydrogen) atoms. The van der Waals surface area contributed by atoms with Crippen molar-refractivity contribution in [2.75, 3.05) is 32.8 Å². The number of benzene rings is 3. The Labute approximate surface area is 563 Å². The van der Waals surface area contributed by atoms with Crippen LogP contribution in [0.25, 0.3) is 21.3 Å². The SMILES string of the molecule is CC(=O)N1CC[C@H]2CC[C@@H](C(=O)N[C@@H](CCC(N)=O)COc3cccc(CCCCCNC(=O)c4noc5c4CCCC(C)(C)[C@H]5C(=O)N4C[C@H](O)C[C@H]4C(=O)N[C@@H](C)c4ccc(-c5scnc5C)cc4)c3Cl)N2C(=O)[C@@H](NC(=O)c2cc3cc(C(=O)P(=O)(O)O)ccc3[nH]2)C1. The molecule has 10 rings (SSSR count). The van der Waals surface area contributed by atoms with E-state index in [1.54, 1.807) is 29.0 Å². The molecule has 0 spiro atoms. The van der Waals surface area contributed by atoms with Gasteiger partial charge in [-0.15, -0.1) is 11.3 Å². The molecular weight excluding hydrogens is 1300 g/mol. The largest absolute Gasteiger partial charge is 0.490 e. The second kappa shape index (κ2) is 30.0. The number of aromatic amines is 1. The van der Waals surface area contributed by atoms with E-state index in [1.165, 1.54) is 45.9 Å². The highest BCUT2D eigenvalue weighted by molar-refractivity contribution is 7.70. The quantitative estimate of drug-likeness (QED) is 0.0177. The van der Waals surface area contributed by atoms with Crippen LogP contribution in [-0.2, 0) is 46.2 Å². The molecule has 6 heterocycles. The van der Waals surface area contributed by atoms with Crippen molar-refractivity contribution in [1.29, 1.82) is 0 Å². The maximum Gasteiger partial charge on any atom is 0.396 e. The molecule has 4 aliphatic rings. The van der Waals surface area contributed by atoms with Crippen LogP contribution in [0.5, 0.6) is 5.75 Å². The monoisotopic (exact) mass is 1380 g/mol. The van der Waals surface area contributed by atoms with Gasteiger partial charge in [-0.25, -0.2) is 4.98 Å². The Morgan fingerprint density at radius 2 is 1.71 bits per heavy atom. The molecule has 0 radical (unpaired) electrons. The molecule has 0 saturated carbocycles. The number of aromatic nitrogens is 3. The minimum Gasteiger partial charge on any atom is -0.490 e. The molecule has 0 unspecified atom stereocenters. The minimum atomic E-state index is -5.10. The minimum absolute atomic E-state index is 0.0392. The van der Waals surface area contributed by atoms with Crippen molar-refractivity contribution in [1.82, 2.24) is 51.1 Å². The number of H-pyrrole nitrogens is 1. The fraction of sp³-hybridized carbons (Fsp3) is 0.478. The third-order valence-corrected chi connectivity index (χ3v) is 21.0. The van der Waals surface area contributed by atoms with Crippen LogP contribution >= 0.6 is 30.5 Å². The van der Waals surface area contributed by atoms with E-state index in [-0.39, 0.29) is 97.7 Å². The van der Waals surface area contributed by atoms with E-state index in [9.17, 15) is 62.6 Å². The summed E-state index contributed by atoms with van der Waals surface area (Å²) in [6, 6.07) is 13.5. The van der Waals surface area contributed by atoms with Gasteiger partial charge in [0.05, 0.1) is 39.3 Å². The van der Waals surface area contributed by atoms with Crippen molar-refractivity contribution >= 4 is 94.2 Å². The number of carbonyl (C=O) groups excluding carboxylic acids is 9. The number of aliphatic hydroxyl groups is 1. The summed E-state index contributed by atoms with van der Waals surface area (Å²) in [5.41, 5.74) is 9.65. The summed E-state index contributed by atoms with van der Waals surface area (Å²) in [5.74, 6) is -4.31. The first-order chi connectivity index (χ1) is 45.7. The van der Waals surface area contributed by atoms with Crippen molar-refractivity contribution in [3.63, 3.8) is 0 Å². The van der Waals surface area contributed by atoms with E-state index in [0.29, 0.717) is 86.2 Å². The number of primary amides is 1. The fourth-order valence-corrected chi connectivity index (χ4v) is 15.1. The number of carbonyl (C=O) groups is 9. The highest BCUT2D eigenvalue weighted by atomic mass is 35.5. The topological polar surface area (TPSA) is 379 Å². The number of β-amino-alcohol motifs (C(OH)–C–C–N with tert-alkyl or cyclic N) is 1. The number of nitrogens with zero attached hydrogens (tertiary/aromatic N) is 5. The zero-order valence-corrected chi connectivity index (χ0v) is 56.5. The third-order valence-electron chi connectivity index (χ3n) is 18.8. The summed E-state index contributed by atoms with van der Waals surface area (Å²) in [7, 11) is -5.10. The second-order valence-corrected chi connectivity index (χ2v) is 28.8. The Kier molecular flexibility index (Phi) is 22.0. The lowest BCUT2D eigenvalue weighted by molar-refractivity contribution is -0.145. The summed E-state index contributed by atoms with van der Waals surface area (Å²) in [6.07, 6.45) is 4.40. The number of unbranched alkanes of at least 4 members (excludes halogenated alkanes) is 2. The summed E-state index contributed by atoms with van der Waals surface area (Å²) < 4.78 is 23.8. The second-order valence-electron chi connectivity index (χ2n) is 26.1. The summed E-state index contributed by atoms with van der Waals surface area (Å²) in [6.45, 7) is 9.28. The number of ether oxygens (including phenoxy) is 1. The van der Waals surface area contributed by atoms with E-state index in [2.05, 4.69) is 36.4 Å². The van der Waals surface area contributed by atoms with E-state index < -0.39 is 96.3 Å². The molecule has 10 N–H and O–H groups in total. The van der Waals surface area contributed by atoms with Crippen LogP contribution in [0.1, 0.15) is 170 Å². The molecule has 6 aromatic rings. The standard InChI is InChI=1S/C67H81ClN11O15PS/c1-36(39-15-17-41(18-16-39)59-37(2)71-35-96-59)72-62(85)52-31-46(81)32-78(52)65(88)55-58-47(13-10-26-67(55,4)5)57(76-94-58)63(86)70-27-8-6-7-11-40-12-9-14-53(56(40)68)93-34-44(20-24-54(69)82)73-61(84)51-23-21-45-25-28-77(38(3)80)33-50(64(87)79(45)51)75-60(83)49-30-43-29-42(19-22-48(43)74-49)66(89)95(90,91)92/h9,12,14-19,22,29-30,35-36,44-46,50-52,55,74,81H,6-8,10-11,13,20-21,23-28,31-34H2,1-5H3,(H2,69,82)(H,70,86)(H,72,85)(H,73,84)(H,75,83)(H2,90,91,92)/t36-,44-,45+,46+,50-,51-,52-,55+/m0/s1. The molecule has 0 bridgehead atoms. The van der Waals surface area contributed by atoms with Crippen LogP contribution in [0.15, 0.2) is 76.8 Å². The van der Waals surface area contributed by atoms with Gasteiger partial charge >= 0.3 is 7.60 Å². The lowest BCUT2D eigenvalue weighted by Gasteiger charge is -2.38. The smallest absolute Gasteiger partial charge is 0.396 e. The Morgan fingerprint density at radius 3 is 2.43 bits per heavy atom. The zero-order chi connectivity index (χ0) is 68.9. The first-order valence-electron chi connectivity index (χ1n) is 32.3. The van der Waals surface area contributed by atoms with Crippen molar-refractivity contribution < 1.29 is 71.9 Å². The Morgan fingerprint density at radius 1 is 0.948 bits per heavy atom. The third kappa shape index (κ3) is 16.0. The molecule has 29 heteroatoms. The van der Waals surface area contributed by atoms with Crippen LogP contribution in [0.4, 0.5) is 0 Å². The van der Waals surface area contributed by atoms with Gasteiger partial charge in [0.15, 0.2) is 11.5 Å². The molecule has 3 aromatic carbocycles. The van der Waals surface area contributed by atoms with E-state index >= 15 is 0 Å². The van der Waals surface area contributed by atoms with Crippen molar-refractivity contribution in [2.24, 2.45) is 11.1 Å². The lowest BCUT2D eigenvalue weighted by atomic mass is 9.74. The number of rotatable bonds is 24. The first kappa shape index (κ1) is 70.5. The van der Waals surface area contributed by atoms with E-state index in [4.69, 9.17) is 26.6 Å². The maximum absolute atomic E-state index is 14.8. The van der Waals surface area contributed by atoms with Gasteiger partial charge in [0.1, 0.15) is 42.1 Å². The number of amides is 8. The highest BCUT2D eigenvalue weighted by Gasteiger charge is 2.50. The average Bonchev–Trinajstić information content (AvgIpc) is 1.60. The zero-order valence-electron chi connectivity index (χ0n) is 54.1. The van der Waals surface area contributed by atoms with Crippen molar-refractivity contribution in [3.8, 4) is 16.2 Å². The Hall–Kier alpha value is -8.33. The number of halogens is 1. The molecule has 3 aromatic heterocycles. The van der Waals surface area contributed by atoms with E-state index in [0.717, 1.165) is 27.3 Å². The van der Waals surface area contributed by atoms with Crippen LogP contribution in [0.3, 0.4) is 0 Å². The predicted octanol–water partition coefficient (Wildman–Crippen LogP) is 6.53. The number of fused-ring (bicyclic) bond motifs is 3. The van der Waals surface area contributed by atoms with Gasteiger partial charge in [0.2, 0.25) is 35.4 Å². The molecule has 1 aliphatic carbocycles. The van der Waals surface area contributed by atoms with Gasteiger partial charge < -0.3 is 70.8 Å². The number of hydrogen-bond acceptors (Lipinski definition) is 16. The van der Waals surface area contributed by atoms with Crippen LogP contribution in [-0.4, -0.2) is 167 Å². The molecule has 3 saturated heterocycles. The van der Waals surface area contributed by atoms with Gasteiger partial charge in [-0.05, 0) is 130 Å². The van der Waals surface area contributed by atoms with Crippen LogP contribution in [0.2, 0.25) is 5.02 Å². The number of nitrogens with one attached hydrogen (secondary N) is 5. The van der Waals surface area contributed by atoms with Gasteiger partial charge in [0, 0.05) is 74.0 Å². The number of aliphatic hydroxyl groups excluding tert-OH is 1. The molecule has 26 nitrogen and oxygen atoms in total. The van der Waals surface area contributed by atoms with Crippen LogP contribution < -0.4 is 31.7 Å². The van der Waals surface area contributed by atoms with Crippen LogP contribution in [0, 0.1) is 12.3 Å². The highest BCUT2D eigenvalue weighted by Crippen LogP contribution is 2.47.